The Labute approximate surface area is 169 Å². The molecule has 0 aliphatic carbocycles. The molecular formula is C22H24N2O5. The number of aliphatic hydroxyl groups excluding tert-OH is 1. The zero-order valence-corrected chi connectivity index (χ0v) is 16.9. The molecule has 1 N–H and O–H groups in total. The first-order valence-electron chi connectivity index (χ1n) is 9.15. The summed E-state index contributed by atoms with van der Waals surface area (Å²) in [5, 5.41) is 14.2. The van der Waals surface area contributed by atoms with E-state index in [4.69, 9.17) is 14.0 Å². The van der Waals surface area contributed by atoms with Crippen molar-refractivity contribution in [1.29, 1.82) is 0 Å². The van der Waals surface area contributed by atoms with Crippen molar-refractivity contribution in [1.82, 2.24) is 10.1 Å². The van der Waals surface area contributed by atoms with Crippen LogP contribution >= 0.6 is 0 Å². The van der Waals surface area contributed by atoms with Crippen molar-refractivity contribution in [2.45, 2.75) is 19.6 Å². The van der Waals surface area contributed by atoms with E-state index in [1.807, 2.05) is 30.3 Å². The fourth-order valence-electron chi connectivity index (χ4n) is 3.10. The number of aliphatic hydroxyl groups is 1. The molecule has 1 atom stereocenters. The standard InChI is InChI=1S/C22H24N2O5/c1-14(25)21-19(22(26)24(2)13-15-8-6-5-7-9-15)20(23-29-21)16-10-11-17(27-3)18(12-16)28-4/h5-12,14,25H,13H2,1-4H3. The number of hydrogen-bond donors (Lipinski definition) is 1. The first-order valence-corrected chi connectivity index (χ1v) is 9.15. The van der Waals surface area contributed by atoms with Gasteiger partial charge >= 0.3 is 0 Å². The summed E-state index contributed by atoms with van der Waals surface area (Å²) in [6.45, 7) is 1.95. The van der Waals surface area contributed by atoms with Gasteiger partial charge in [0.2, 0.25) is 0 Å². The number of carbonyl (C=O) groups excluding carboxylic acids is 1. The highest BCUT2D eigenvalue weighted by molar-refractivity contribution is 6.01. The number of aromatic nitrogens is 1. The summed E-state index contributed by atoms with van der Waals surface area (Å²) >= 11 is 0. The van der Waals surface area contributed by atoms with Crippen molar-refractivity contribution >= 4 is 5.91 Å². The van der Waals surface area contributed by atoms with Gasteiger partial charge in [0.15, 0.2) is 17.3 Å². The van der Waals surface area contributed by atoms with Crippen LogP contribution < -0.4 is 9.47 Å². The Bertz CT molecular complexity index is 982. The predicted octanol–water partition coefficient (Wildman–Crippen LogP) is 3.68. The molecular weight excluding hydrogens is 372 g/mol. The van der Waals surface area contributed by atoms with Crippen LogP contribution in [0.15, 0.2) is 53.1 Å². The lowest BCUT2D eigenvalue weighted by molar-refractivity contribution is 0.0773. The molecule has 0 aliphatic rings. The largest absolute Gasteiger partial charge is 0.493 e. The minimum atomic E-state index is -0.986. The number of methoxy groups -OCH3 is 2. The maximum Gasteiger partial charge on any atom is 0.259 e. The van der Waals surface area contributed by atoms with E-state index in [-0.39, 0.29) is 17.2 Å². The second-order valence-corrected chi connectivity index (χ2v) is 6.66. The number of hydrogen-bond acceptors (Lipinski definition) is 6. The van der Waals surface area contributed by atoms with Crippen LogP contribution in [0.5, 0.6) is 11.5 Å². The van der Waals surface area contributed by atoms with Crippen molar-refractivity contribution < 1.29 is 23.9 Å². The van der Waals surface area contributed by atoms with Gasteiger partial charge in [-0.2, -0.15) is 0 Å². The molecule has 2 aromatic carbocycles. The lowest BCUT2D eigenvalue weighted by Crippen LogP contribution is -2.27. The van der Waals surface area contributed by atoms with Crippen LogP contribution in [0.3, 0.4) is 0 Å². The number of ether oxygens (including phenoxy) is 2. The molecule has 0 saturated carbocycles. The lowest BCUT2D eigenvalue weighted by Gasteiger charge is -2.18. The van der Waals surface area contributed by atoms with Gasteiger partial charge in [-0.05, 0) is 30.7 Å². The van der Waals surface area contributed by atoms with E-state index < -0.39 is 6.10 Å². The second kappa shape index (κ2) is 8.79. The molecule has 7 heteroatoms. The first-order chi connectivity index (χ1) is 14.0. The molecule has 29 heavy (non-hydrogen) atoms. The Hall–Kier alpha value is -3.32. The molecule has 0 aliphatic heterocycles. The van der Waals surface area contributed by atoms with Crippen LogP contribution in [-0.2, 0) is 6.54 Å². The van der Waals surface area contributed by atoms with Crippen molar-refractivity contribution in [3.63, 3.8) is 0 Å². The molecule has 152 valence electrons. The summed E-state index contributed by atoms with van der Waals surface area (Å²) < 4.78 is 16.0. The van der Waals surface area contributed by atoms with E-state index in [2.05, 4.69) is 5.16 Å². The van der Waals surface area contributed by atoms with Gasteiger partial charge in [0.05, 0.1) is 14.2 Å². The maximum absolute atomic E-state index is 13.3. The van der Waals surface area contributed by atoms with Gasteiger partial charge in [0.25, 0.3) is 5.91 Å². The van der Waals surface area contributed by atoms with E-state index in [0.717, 1.165) is 5.56 Å². The highest BCUT2D eigenvalue weighted by atomic mass is 16.5. The number of benzene rings is 2. The third-order valence-electron chi connectivity index (χ3n) is 4.58. The molecule has 3 aromatic rings. The quantitative estimate of drug-likeness (QED) is 0.656. The Morgan fingerprint density at radius 2 is 1.83 bits per heavy atom. The average Bonchev–Trinajstić information content (AvgIpc) is 3.18. The normalized spacial score (nSPS) is 11.8. The molecule has 1 amide bonds. The zero-order chi connectivity index (χ0) is 21.0. The highest BCUT2D eigenvalue weighted by Crippen LogP contribution is 2.35. The Kier molecular flexibility index (Phi) is 6.19. The van der Waals surface area contributed by atoms with Crippen LogP contribution in [0.25, 0.3) is 11.3 Å². The summed E-state index contributed by atoms with van der Waals surface area (Å²) in [4.78, 5) is 14.8. The summed E-state index contributed by atoms with van der Waals surface area (Å²) in [5.74, 6) is 0.891. The SMILES string of the molecule is COc1ccc(-c2noc(C(C)O)c2C(=O)N(C)Cc2ccccc2)cc1OC. The molecule has 0 radical (unpaired) electrons. The summed E-state index contributed by atoms with van der Waals surface area (Å²) in [7, 11) is 4.78. The van der Waals surface area contributed by atoms with Crippen molar-refractivity contribution in [3.8, 4) is 22.8 Å². The van der Waals surface area contributed by atoms with Gasteiger partial charge in [-0.1, -0.05) is 35.5 Å². The minimum Gasteiger partial charge on any atom is -0.493 e. The first kappa shape index (κ1) is 20.4. The Balaban J connectivity index is 2.02. The fourth-order valence-corrected chi connectivity index (χ4v) is 3.10. The van der Waals surface area contributed by atoms with E-state index in [9.17, 15) is 9.90 Å². The van der Waals surface area contributed by atoms with E-state index >= 15 is 0 Å². The highest BCUT2D eigenvalue weighted by Gasteiger charge is 2.29. The van der Waals surface area contributed by atoms with Gasteiger partial charge in [0, 0.05) is 19.2 Å². The Morgan fingerprint density at radius 3 is 2.45 bits per heavy atom. The molecule has 7 nitrogen and oxygen atoms in total. The number of rotatable bonds is 7. The maximum atomic E-state index is 13.3. The van der Waals surface area contributed by atoms with E-state index in [1.165, 1.54) is 14.0 Å². The van der Waals surface area contributed by atoms with Crippen LogP contribution in [0.2, 0.25) is 0 Å². The topological polar surface area (TPSA) is 85.0 Å². The van der Waals surface area contributed by atoms with Crippen molar-refractivity contribution in [3.05, 3.63) is 65.4 Å². The van der Waals surface area contributed by atoms with E-state index in [1.54, 1.807) is 37.3 Å². The van der Waals surface area contributed by atoms with Gasteiger partial charge in [0.1, 0.15) is 17.4 Å². The third-order valence-corrected chi connectivity index (χ3v) is 4.58. The van der Waals surface area contributed by atoms with Gasteiger partial charge in [-0.25, -0.2) is 0 Å². The number of carbonyl (C=O) groups is 1. The number of nitrogens with zero attached hydrogens (tertiary/aromatic N) is 2. The smallest absolute Gasteiger partial charge is 0.259 e. The van der Waals surface area contributed by atoms with Crippen LogP contribution in [0, 0.1) is 0 Å². The molecule has 1 heterocycles. The molecule has 0 saturated heterocycles. The van der Waals surface area contributed by atoms with Crippen LogP contribution in [0.4, 0.5) is 0 Å². The van der Waals surface area contributed by atoms with Gasteiger partial charge < -0.3 is 24.0 Å². The predicted molar refractivity (Wildman–Crippen MR) is 108 cm³/mol. The molecule has 1 aromatic heterocycles. The van der Waals surface area contributed by atoms with Crippen molar-refractivity contribution in [2.24, 2.45) is 0 Å². The van der Waals surface area contributed by atoms with Gasteiger partial charge in [-0.15, -0.1) is 0 Å². The summed E-state index contributed by atoms with van der Waals surface area (Å²) in [6.07, 6.45) is -0.986. The average molecular weight is 396 g/mol. The second-order valence-electron chi connectivity index (χ2n) is 6.66. The monoisotopic (exact) mass is 396 g/mol. The van der Waals surface area contributed by atoms with E-state index in [0.29, 0.717) is 29.3 Å². The molecule has 0 spiro atoms. The third kappa shape index (κ3) is 4.25. The zero-order valence-electron chi connectivity index (χ0n) is 16.9. The molecule has 1 unspecified atom stereocenters. The van der Waals surface area contributed by atoms with Crippen molar-refractivity contribution in [2.75, 3.05) is 21.3 Å². The van der Waals surface area contributed by atoms with Crippen LogP contribution in [0.1, 0.15) is 34.7 Å². The molecule has 0 fully saturated rings. The summed E-state index contributed by atoms with van der Waals surface area (Å²) in [6, 6.07) is 14.9. The Morgan fingerprint density at radius 1 is 1.14 bits per heavy atom. The number of amides is 1. The molecule has 0 bridgehead atoms. The molecule has 3 rings (SSSR count). The summed E-state index contributed by atoms with van der Waals surface area (Å²) in [5.41, 5.74) is 2.18. The van der Waals surface area contributed by atoms with Gasteiger partial charge in [-0.3, -0.25) is 4.79 Å². The minimum absolute atomic E-state index is 0.125. The fraction of sp³-hybridized carbons (Fsp3) is 0.273. The lowest BCUT2D eigenvalue weighted by atomic mass is 10.0. The van der Waals surface area contributed by atoms with Crippen LogP contribution in [-0.4, -0.2) is 42.3 Å².